The van der Waals surface area contributed by atoms with Gasteiger partial charge >= 0.3 is 0 Å². The molecule has 0 fully saturated rings. The van der Waals surface area contributed by atoms with Gasteiger partial charge in [0.2, 0.25) is 0 Å². The number of nitrogens with zero attached hydrogens (tertiary/aromatic N) is 1. The third kappa shape index (κ3) is 1.30. The lowest BCUT2D eigenvalue weighted by molar-refractivity contribution is 1.20. The van der Waals surface area contributed by atoms with E-state index in [1.54, 1.807) is 0 Å². The highest BCUT2D eigenvalue weighted by molar-refractivity contribution is 9.10. The van der Waals surface area contributed by atoms with Gasteiger partial charge in [0.15, 0.2) is 0 Å². The summed E-state index contributed by atoms with van der Waals surface area (Å²) in [5.74, 6) is 0. The lowest BCUT2D eigenvalue weighted by Crippen LogP contribution is -1.82. The topological polar surface area (TPSA) is 12.9 Å². The largest absolute Gasteiger partial charge is 0.264 e. The summed E-state index contributed by atoms with van der Waals surface area (Å²) in [5, 5.41) is 0. The minimum absolute atomic E-state index is 0.174. The first-order valence-corrected chi connectivity index (χ1v) is 3.43. The molecule has 0 unspecified atom stereocenters. The maximum atomic E-state index is 7.34. The van der Waals surface area contributed by atoms with Gasteiger partial charge in [0.1, 0.15) is 0 Å². The van der Waals surface area contributed by atoms with Gasteiger partial charge in [0.25, 0.3) is 0 Å². The highest BCUT2D eigenvalue weighted by Crippen LogP contribution is 2.17. The van der Waals surface area contributed by atoms with Gasteiger partial charge in [0.05, 0.1) is 2.74 Å². The number of halogens is 1. The number of hydrogen-bond acceptors (Lipinski definition) is 1. The maximum Gasteiger partial charge on any atom is 0.0843 e. The molecule has 0 aliphatic heterocycles. The van der Waals surface area contributed by atoms with Crippen LogP contribution in [0.3, 0.4) is 0 Å². The Kier molecular flexibility index (Phi) is 1.23. The summed E-state index contributed by atoms with van der Waals surface area (Å²) in [5.41, 5.74) is 1.58. The van der Waals surface area contributed by atoms with Crippen LogP contribution in [-0.2, 0) is 0 Å². The molecule has 1 nitrogen and oxygen atoms in total. The first-order valence-electron chi connectivity index (χ1n) is 3.64. The summed E-state index contributed by atoms with van der Waals surface area (Å²) in [6, 6.07) is 0. The van der Waals surface area contributed by atoms with E-state index in [1.807, 2.05) is 13.8 Å². The SMILES string of the molecule is [2H]c1nc([2H])c(C)c(Br)c1C. The first-order chi connectivity index (χ1) is 5.04. The van der Waals surface area contributed by atoms with Crippen LogP contribution >= 0.6 is 15.9 Å². The van der Waals surface area contributed by atoms with Crippen LogP contribution in [0.1, 0.15) is 13.9 Å². The zero-order chi connectivity index (χ0) is 8.59. The minimum atomic E-state index is 0.174. The van der Waals surface area contributed by atoms with Gasteiger partial charge in [-0.1, -0.05) is 15.9 Å². The van der Waals surface area contributed by atoms with E-state index in [0.29, 0.717) is 0 Å². The van der Waals surface area contributed by atoms with Crippen LogP contribution in [0.25, 0.3) is 0 Å². The number of rotatable bonds is 0. The molecule has 48 valence electrons. The van der Waals surface area contributed by atoms with Crippen LogP contribution in [0.2, 0.25) is 0 Å². The summed E-state index contributed by atoms with van der Waals surface area (Å²) in [6.45, 7) is 3.62. The van der Waals surface area contributed by atoms with Crippen molar-refractivity contribution in [1.29, 1.82) is 0 Å². The molecule has 0 saturated carbocycles. The van der Waals surface area contributed by atoms with E-state index < -0.39 is 0 Å². The van der Waals surface area contributed by atoms with E-state index in [9.17, 15) is 0 Å². The Morgan fingerprint density at radius 3 is 2.33 bits per heavy atom. The van der Waals surface area contributed by atoms with Gasteiger partial charge in [-0.3, -0.25) is 4.98 Å². The number of hydrogen-bond donors (Lipinski definition) is 0. The van der Waals surface area contributed by atoms with E-state index in [0.717, 1.165) is 15.6 Å². The molecule has 1 aromatic heterocycles. The van der Waals surface area contributed by atoms with E-state index in [2.05, 4.69) is 20.9 Å². The van der Waals surface area contributed by atoms with Crippen molar-refractivity contribution >= 4 is 15.9 Å². The van der Waals surface area contributed by atoms with E-state index >= 15 is 0 Å². The monoisotopic (exact) mass is 187 g/mol. The van der Waals surface area contributed by atoms with Crippen molar-refractivity contribution in [2.24, 2.45) is 0 Å². The van der Waals surface area contributed by atoms with Crippen molar-refractivity contribution in [1.82, 2.24) is 4.98 Å². The minimum Gasteiger partial charge on any atom is -0.264 e. The smallest absolute Gasteiger partial charge is 0.0843 e. The van der Waals surface area contributed by atoms with Crippen LogP contribution in [0.4, 0.5) is 0 Å². The molecule has 0 N–H and O–H groups in total. The predicted molar refractivity (Wildman–Crippen MR) is 41.4 cm³/mol. The van der Waals surface area contributed by atoms with Crippen LogP contribution in [0.15, 0.2) is 16.8 Å². The molecule has 2 heteroatoms. The molecule has 0 aliphatic rings. The molecule has 0 radical (unpaired) electrons. The van der Waals surface area contributed by atoms with Crippen LogP contribution in [0, 0.1) is 13.8 Å². The van der Waals surface area contributed by atoms with Gasteiger partial charge in [-0.15, -0.1) is 0 Å². The molecule has 0 atom stereocenters. The van der Waals surface area contributed by atoms with Crippen LogP contribution in [-0.4, -0.2) is 4.98 Å². The molecule has 1 heterocycles. The Bertz CT molecular complexity index is 273. The molecule has 0 aromatic carbocycles. The highest BCUT2D eigenvalue weighted by Gasteiger charge is 1.95. The normalized spacial score (nSPS) is 12.8. The van der Waals surface area contributed by atoms with Crippen LogP contribution in [0.5, 0.6) is 0 Å². The molecular weight excluding hydrogens is 178 g/mol. The summed E-state index contributed by atoms with van der Waals surface area (Å²) in [4.78, 5) is 3.74. The first kappa shape index (κ1) is 4.45. The Balaban J connectivity index is 3.46. The molecule has 0 bridgehead atoms. The molecule has 0 spiro atoms. The Morgan fingerprint density at radius 2 is 1.89 bits per heavy atom. The van der Waals surface area contributed by atoms with Crippen LogP contribution < -0.4 is 0 Å². The van der Waals surface area contributed by atoms with E-state index in [-0.39, 0.29) is 12.3 Å². The summed E-state index contributed by atoms with van der Waals surface area (Å²) in [7, 11) is 0. The fourth-order valence-corrected chi connectivity index (χ4v) is 0.752. The lowest BCUT2D eigenvalue weighted by atomic mass is 10.2. The van der Waals surface area contributed by atoms with Gasteiger partial charge in [-0.2, -0.15) is 0 Å². The highest BCUT2D eigenvalue weighted by atomic mass is 79.9. The summed E-state index contributed by atoms with van der Waals surface area (Å²) < 4.78 is 15.5. The zero-order valence-corrected chi connectivity index (χ0v) is 6.91. The fourth-order valence-electron chi connectivity index (χ4n) is 0.575. The average molecular weight is 188 g/mol. The fraction of sp³-hybridized carbons (Fsp3) is 0.286. The molecule has 0 amide bonds. The van der Waals surface area contributed by atoms with Gasteiger partial charge in [-0.05, 0) is 25.0 Å². The van der Waals surface area contributed by atoms with Crippen molar-refractivity contribution in [2.75, 3.05) is 0 Å². The second-order valence-corrected chi connectivity index (χ2v) is 2.69. The van der Waals surface area contributed by atoms with Gasteiger partial charge in [-0.25, -0.2) is 0 Å². The van der Waals surface area contributed by atoms with Gasteiger partial charge < -0.3 is 0 Å². The Morgan fingerprint density at radius 1 is 1.44 bits per heavy atom. The number of aromatic nitrogens is 1. The zero-order valence-electron chi connectivity index (χ0n) is 7.33. The van der Waals surface area contributed by atoms with E-state index in [1.165, 1.54) is 0 Å². The molecular formula is C7H8BrN. The second-order valence-electron chi connectivity index (χ2n) is 1.90. The lowest BCUT2D eigenvalue weighted by Gasteiger charge is -1.97. The van der Waals surface area contributed by atoms with Crippen molar-refractivity contribution in [3.63, 3.8) is 0 Å². The number of pyridine rings is 1. The Hall–Kier alpha value is -0.370. The van der Waals surface area contributed by atoms with Crippen molar-refractivity contribution in [3.05, 3.63) is 27.9 Å². The summed E-state index contributed by atoms with van der Waals surface area (Å²) >= 11 is 3.30. The maximum absolute atomic E-state index is 7.34. The average Bonchev–Trinajstić information content (AvgIpc) is 1.97. The van der Waals surface area contributed by atoms with E-state index in [4.69, 9.17) is 2.74 Å². The molecule has 9 heavy (non-hydrogen) atoms. The standard InChI is InChI=1S/C7H8BrN/c1-5-3-9-4-6(2)7(5)8/h3-4H,1-2H3/i3D,4D. The molecule has 1 aromatic rings. The summed E-state index contributed by atoms with van der Waals surface area (Å²) in [6.07, 6.45) is 0.347. The molecule has 0 aliphatic carbocycles. The quantitative estimate of drug-likeness (QED) is 0.609. The Labute approximate surface area is 66.1 Å². The molecule has 1 rings (SSSR count). The predicted octanol–water partition coefficient (Wildman–Crippen LogP) is 2.46. The third-order valence-corrected chi connectivity index (χ3v) is 2.30. The molecule has 0 saturated heterocycles. The van der Waals surface area contributed by atoms with Crippen molar-refractivity contribution < 1.29 is 2.74 Å². The van der Waals surface area contributed by atoms with Crippen molar-refractivity contribution in [2.45, 2.75) is 13.8 Å². The van der Waals surface area contributed by atoms with Crippen molar-refractivity contribution in [3.8, 4) is 0 Å². The van der Waals surface area contributed by atoms with Gasteiger partial charge in [0, 0.05) is 16.8 Å². The second kappa shape index (κ2) is 2.48. The third-order valence-electron chi connectivity index (χ3n) is 1.11.